The Kier molecular flexibility index (Phi) is 4.51. The Morgan fingerprint density at radius 1 is 1.20 bits per heavy atom. The molecule has 20 heavy (non-hydrogen) atoms. The maximum Gasteiger partial charge on any atom is 0.224 e. The van der Waals surface area contributed by atoms with Gasteiger partial charge in [-0.1, -0.05) is 23.8 Å². The van der Waals surface area contributed by atoms with Gasteiger partial charge in [-0.2, -0.15) is 0 Å². The summed E-state index contributed by atoms with van der Waals surface area (Å²) < 4.78 is 0. The molecule has 0 saturated heterocycles. The molecule has 0 aliphatic carbocycles. The van der Waals surface area contributed by atoms with Crippen LogP contribution in [0.1, 0.15) is 28.7 Å². The lowest BCUT2D eigenvalue weighted by atomic mass is 10.0. The zero-order chi connectivity index (χ0) is 14.5. The van der Waals surface area contributed by atoms with Crippen LogP contribution in [-0.2, 0) is 11.2 Å². The third kappa shape index (κ3) is 3.67. The largest absolute Gasteiger partial charge is 0.326 e. The minimum Gasteiger partial charge on any atom is -0.326 e. The highest BCUT2D eigenvalue weighted by Gasteiger charge is 2.08. The predicted molar refractivity (Wildman–Crippen MR) is 81.8 cm³/mol. The molecule has 0 saturated carbocycles. The van der Waals surface area contributed by atoms with Crippen LogP contribution in [0.25, 0.3) is 0 Å². The minimum atomic E-state index is 0.0453. The van der Waals surface area contributed by atoms with Gasteiger partial charge in [-0.15, -0.1) is 0 Å². The summed E-state index contributed by atoms with van der Waals surface area (Å²) in [4.78, 5) is 16.1. The molecule has 0 bridgehead atoms. The van der Waals surface area contributed by atoms with Crippen molar-refractivity contribution in [3.05, 3.63) is 58.9 Å². The summed E-state index contributed by atoms with van der Waals surface area (Å²) in [7, 11) is 0. The first-order valence-electron chi connectivity index (χ1n) is 6.83. The van der Waals surface area contributed by atoms with Gasteiger partial charge in [-0.25, -0.2) is 0 Å². The average molecular weight is 268 g/mol. The molecule has 0 aliphatic rings. The summed E-state index contributed by atoms with van der Waals surface area (Å²) in [6.07, 6.45) is 4.72. The van der Waals surface area contributed by atoms with Gasteiger partial charge in [0.25, 0.3) is 0 Å². The molecule has 0 aliphatic heterocycles. The summed E-state index contributed by atoms with van der Waals surface area (Å²) >= 11 is 0. The lowest BCUT2D eigenvalue weighted by Crippen LogP contribution is -2.14. The lowest BCUT2D eigenvalue weighted by Gasteiger charge is -2.12. The van der Waals surface area contributed by atoms with Gasteiger partial charge in [0.2, 0.25) is 5.91 Å². The normalized spacial score (nSPS) is 10.3. The summed E-state index contributed by atoms with van der Waals surface area (Å²) in [6, 6.07) is 8.05. The number of hydrogen-bond acceptors (Lipinski definition) is 2. The number of anilines is 1. The Bertz CT molecular complexity index is 583. The second kappa shape index (κ2) is 6.33. The highest BCUT2D eigenvalue weighted by Crippen LogP contribution is 2.22. The molecule has 104 valence electrons. The van der Waals surface area contributed by atoms with E-state index < -0.39 is 0 Å². The Balaban J connectivity index is 1.98. The first kappa shape index (κ1) is 14.3. The van der Waals surface area contributed by atoms with Crippen LogP contribution in [0.3, 0.4) is 0 Å². The van der Waals surface area contributed by atoms with Crippen LogP contribution in [0.4, 0.5) is 5.69 Å². The maximum atomic E-state index is 12.0. The molecule has 2 rings (SSSR count). The molecule has 1 aromatic heterocycles. The minimum absolute atomic E-state index is 0.0453. The van der Waals surface area contributed by atoms with E-state index in [1.165, 1.54) is 5.56 Å². The van der Waals surface area contributed by atoms with Crippen molar-refractivity contribution in [1.82, 2.24) is 4.98 Å². The van der Waals surface area contributed by atoms with Gasteiger partial charge < -0.3 is 5.32 Å². The fourth-order valence-corrected chi connectivity index (χ4v) is 2.38. The topological polar surface area (TPSA) is 42.0 Å². The van der Waals surface area contributed by atoms with Gasteiger partial charge in [-0.05, 0) is 49.9 Å². The Morgan fingerprint density at radius 3 is 2.50 bits per heavy atom. The van der Waals surface area contributed by atoms with Gasteiger partial charge in [0, 0.05) is 24.5 Å². The van der Waals surface area contributed by atoms with Gasteiger partial charge in [0.15, 0.2) is 0 Å². The predicted octanol–water partition coefficient (Wildman–Crippen LogP) is 3.58. The van der Waals surface area contributed by atoms with E-state index in [0.717, 1.165) is 22.4 Å². The number of carbonyl (C=O) groups is 1. The van der Waals surface area contributed by atoms with Crippen LogP contribution >= 0.6 is 0 Å². The molecule has 2 aromatic rings. The summed E-state index contributed by atoms with van der Waals surface area (Å²) in [5, 5.41) is 3.02. The maximum absolute atomic E-state index is 12.0. The molecule has 0 fully saturated rings. The molecule has 1 N–H and O–H groups in total. The number of hydrogen-bond donors (Lipinski definition) is 1. The molecule has 0 unspecified atom stereocenters. The van der Waals surface area contributed by atoms with Crippen LogP contribution in [0, 0.1) is 20.8 Å². The Hall–Kier alpha value is -2.16. The SMILES string of the molecule is Cc1cc(C)c(NC(=O)CCc2cccnc2)c(C)c1. The van der Waals surface area contributed by atoms with Crippen molar-refractivity contribution in [2.75, 3.05) is 5.32 Å². The highest BCUT2D eigenvalue weighted by molar-refractivity contribution is 5.92. The van der Waals surface area contributed by atoms with E-state index in [2.05, 4.69) is 29.4 Å². The first-order valence-corrected chi connectivity index (χ1v) is 6.83. The van der Waals surface area contributed by atoms with Crippen molar-refractivity contribution >= 4 is 11.6 Å². The zero-order valence-corrected chi connectivity index (χ0v) is 12.2. The molecule has 1 amide bonds. The van der Waals surface area contributed by atoms with Crippen molar-refractivity contribution < 1.29 is 4.79 Å². The van der Waals surface area contributed by atoms with Crippen molar-refractivity contribution in [3.8, 4) is 0 Å². The number of aryl methyl sites for hydroxylation is 4. The lowest BCUT2D eigenvalue weighted by molar-refractivity contribution is -0.116. The Labute approximate surface area is 120 Å². The Morgan fingerprint density at radius 2 is 1.90 bits per heavy atom. The number of pyridine rings is 1. The standard InChI is InChI=1S/C17H20N2O/c1-12-9-13(2)17(14(3)10-12)19-16(20)7-6-15-5-4-8-18-11-15/h4-5,8-11H,6-7H2,1-3H3,(H,19,20). The molecule has 1 heterocycles. The van der Waals surface area contributed by atoms with Crippen LogP contribution in [0.15, 0.2) is 36.7 Å². The molecular weight excluding hydrogens is 248 g/mol. The van der Waals surface area contributed by atoms with Crippen LogP contribution < -0.4 is 5.32 Å². The van der Waals surface area contributed by atoms with Gasteiger partial charge in [0.05, 0.1) is 0 Å². The molecule has 3 heteroatoms. The van der Waals surface area contributed by atoms with Gasteiger partial charge in [-0.3, -0.25) is 9.78 Å². The number of carbonyl (C=O) groups excluding carboxylic acids is 1. The molecule has 1 aromatic carbocycles. The van der Waals surface area contributed by atoms with E-state index in [-0.39, 0.29) is 5.91 Å². The fourth-order valence-electron chi connectivity index (χ4n) is 2.38. The molecule has 0 spiro atoms. The van der Waals surface area contributed by atoms with Gasteiger partial charge in [0.1, 0.15) is 0 Å². The summed E-state index contributed by atoms with van der Waals surface area (Å²) in [6.45, 7) is 6.11. The number of benzene rings is 1. The van der Waals surface area contributed by atoms with Crippen molar-refractivity contribution in [1.29, 1.82) is 0 Å². The number of amides is 1. The van der Waals surface area contributed by atoms with Crippen LogP contribution in [-0.4, -0.2) is 10.9 Å². The third-order valence-electron chi connectivity index (χ3n) is 3.30. The number of nitrogens with one attached hydrogen (secondary N) is 1. The van der Waals surface area contributed by atoms with Crippen molar-refractivity contribution in [2.45, 2.75) is 33.6 Å². The third-order valence-corrected chi connectivity index (χ3v) is 3.30. The molecular formula is C17H20N2O. The molecule has 0 atom stereocenters. The van der Waals surface area contributed by atoms with Gasteiger partial charge >= 0.3 is 0 Å². The summed E-state index contributed by atoms with van der Waals surface area (Å²) in [5.41, 5.74) is 5.45. The quantitative estimate of drug-likeness (QED) is 0.921. The highest BCUT2D eigenvalue weighted by atomic mass is 16.1. The first-order chi connectivity index (χ1) is 9.56. The van der Waals surface area contributed by atoms with E-state index in [1.807, 2.05) is 26.0 Å². The zero-order valence-electron chi connectivity index (χ0n) is 12.2. The monoisotopic (exact) mass is 268 g/mol. The second-order valence-electron chi connectivity index (χ2n) is 5.18. The number of rotatable bonds is 4. The number of nitrogens with zero attached hydrogens (tertiary/aromatic N) is 1. The number of aromatic nitrogens is 1. The van der Waals surface area contributed by atoms with Crippen LogP contribution in [0.5, 0.6) is 0 Å². The average Bonchev–Trinajstić information content (AvgIpc) is 2.42. The van der Waals surface area contributed by atoms with Crippen LogP contribution in [0.2, 0.25) is 0 Å². The van der Waals surface area contributed by atoms with E-state index in [9.17, 15) is 4.79 Å². The smallest absolute Gasteiger partial charge is 0.224 e. The second-order valence-corrected chi connectivity index (χ2v) is 5.18. The van der Waals surface area contributed by atoms with E-state index >= 15 is 0 Å². The fraction of sp³-hybridized carbons (Fsp3) is 0.294. The molecule has 3 nitrogen and oxygen atoms in total. The van der Waals surface area contributed by atoms with E-state index in [1.54, 1.807) is 12.4 Å². The van der Waals surface area contributed by atoms with E-state index in [0.29, 0.717) is 12.8 Å². The van der Waals surface area contributed by atoms with Crippen molar-refractivity contribution in [2.24, 2.45) is 0 Å². The summed E-state index contributed by atoms with van der Waals surface area (Å²) in [5.74, 6) is 0.0453. The van der Waals surface area contributed by atoms with E-state index in [4.69, 9.17) is 0 Å². The van der Waals surface area contributed by atoms with Crippen molar-refractivity contribution in [3.63, 3.8) is 0 Å². The molecule has 0 radical (unpaired) electrons.